The summed E-state index contributed by atoms with van der Waals surface area (Å²) in [5, 5.41) is 0. The first-order valence-electron chi connectivity index (χ1n) is 6.40. The summed E-state index contributed by atoms with van der Waals surface area (Å²) < 4.78 is 27.0. The van der Waals surface area contributed by atoms with Crippen LogP contribution >= 0.6 is 0 Å². The predicted octanol–water partition coefficient (Wildman–Crippen LogP) is 0.00292. The molecule has 1 aromatic rings. The van der Waals surface area contributed by atoms with Gasteiger partial charge >= 0.3 is 0 Å². The molecule has 7 nitrogen and oxygen atoms in total. The highest BCUT2D eigenvalue weighted by Gasteiger charge is 2.34. The van der Waals surface area contributed by atoms with Crippen molar-refractivity contribution in [3.8, 4) is 0 Å². The molecule has 0 spiro atoms. The molecule has 2 rings (SSSR count). The lowest BCUT2D eigenvalue weighted by Gasteiger charge is -2.28. The Morgan fingerprint density at radius 3 is 2.57 bits per heavy atom. The molecule has 1 heterocycles. The summed E-state index contributed by atoms with van der Waals surface area (Å²) in [6.45, 7) is 1.73. The van der Waals surface area contributed by atoms with E-state index in [9.17, 15) is 18.0 Å². The smallest absolute Gasteiger partial charge is 0.247 e. The Labute approximate surface area is 123 Å². The maximum atomic E-state index is 12.3. The van der Waals surface area contributed by atoms with Crippen LogP contribution < -0.4 is 10.5 Å². The van der Waals surface area contributed by atoms with Crippen LogP contribution in [0.25, 0.3) is 0 Å². The Balaban J connectivity index is 2.25. The lowest BCUT2D eigenvalue weighted by atomic mass is 10.1. The third-order valence-electron chi connectivity index (χ3n) is 3.33. The summed E-state index contributed by atoms with van der Waals surface area (Å²) in [7, 11) is -2.52. The first-order chi connectivity index (χ1) is 9.70. The Morgan fingerprint density at radius 2 is 1.95 bits per heavy atom. The Morgan fingerprint density at radius 1 is 1.29 bits per heavy atom. The van der Waals surface area contributed by atoms with Gasteiger partial charge in [0.1, 0.15) is 6.04 Å². The molecule has 0 saturated carbocycles. The van der Waals surface area contributed by atoms with Crippen molar-refractivity contribution in [2.45, 2.75) is 30.7 Å². The van der Waals surface area contributed by atoms with Gasteiger partial charge in [0, 0.05) is 19.2 Å². The third-order valence-corrected chi connectivity index (χ3v) is 4.78. The van der Waals surface area contributed by atoms with E-state index in [4.69, 9.17) is 5.73 Å². The number of hydrogen-bond donors (Lipinski definition) is 2. The molecule has 0 aliphatic carbocycles. The largest absolute Gasteiger partial charge is 0.399 e. The van der Waals surface area contributed by atoms with E-state index in [1.54, 1.807) is 13.0 Å². The first kappa shape index (κ1) is 15.5. The molecule has 3 N–H and O–H groups in total. The molecule has 1 aliphatic rings. The zero-order chi connectivity index (χ0) is 15.8. The zero-order valence-electron chi connectivity index (χ0n) is 11.8. The number of carbonyl (C=O) groups is 2. The van der Waals surface area contributed by atoms with Gasteiger partial charge in [0.15, 0.2) is 0 Å². The zero-order valence-corrected chi connectivity index (χ0v) is 12.6. The number of anilines is 1. The van der Waals surface area contributed by atoms with E-state index < -0.39 is 22.0 Å². The van der Waals surface area contributed by atoms with Gasteiger partial charge in [0.05, 0.1) is 4.90 Å². The number of amides is 2. The molecule has 0 radical (unpaired) electrons. The number of carbonyl (C=O) groups excluding carboxylic acids is 2. The first-order valence-corrected chi connectivity index (χ1v) is 7.89. The van der Waals surface area contributed by atoms with Gasteiger partial charge in [-0.25, -0.2) is 8.42 Å². The number of imide groups is 1. The molecular formula is C13H17N3O4S. The standard InChI is InChI=1S/C13H17N3O4S/c1-8-5-9(14)7-10(6-8)21(19,20)15-11-3-4-12(17)16(2)13(11)18/h5-7,11,15H,3-4,14H2,1-2H3. The number of piperidine rings is 1. The second-order valence-electron chi connectivity index (χ2n) is 5.08. The van der Waals surface area contributed by atoms with Crippen molar-refractivity contribution in [2.24, 2.45) is 0 Å². The van der Waals surface area contributed by atoms with Crippen LogP contribution in [0.1, 0.15) is 18.4 Å². The van der Waals surface area contributed by atoms with Gasteiger partial charge in [-0.2, -0.15) is 4.72 Å². The molecular weight excluding hydrogens is 294 g/mol. The number of aryl methyl sites for hydroxylation is 1. The van der Waals surface area contributed by atoms with E-state index in [-0.39, 0.29) is 23.6 Å². The van der Waals surface area contributed by atoms with Crippen LogP contribution in [0.2, 0.25) is 0 Å². The van der Waals surface area contributed by atoms with Crippen molar-refractivity contribution in [3.63, 3.8) is 0 Å². The molecule has 1 saturated heterocycles. The second kappa shape index (κ2) is 5.45. The topological polar surface area (TPSA) is 110 Å². The summed E-state index contributed by atoms with van der Waals surface area (Å²) >= 11 is 0. The molecule has 1 atom stereocenters. The van der Waals surface area contributed by atoms with Crippen molar-refractivity contribution in [1.82, 2.24) is 9.62 Å². The maximum absolute atomic E-state index is 12.3. The van der Waals surface area contributed by atoms with Gasteiger partial charge in [-0.3, -0.25) is 14.5 Å². The van der Waals surface area contributed by atoms with Crippen molar-refractivity contribution in [1.29, 1.82) is 0 Å². The molecule has 0 aromatic heterocycles. The normalized spacial score (nSPS) is 19.9. The Kier molecular flexibility index (Phi) is 4.02. The van der Waals surface area contributed by atoms with Gasteiger partial charge < -0.3 is 5.73 Å². The van der Waals surface area contributed by atoms with E-state index in [0.717, 1.165) is 4.90 Å². The van der Waals surface area contributed by atoms with E-state index >= 15 is 0 Å². The number of rotatable bonds is 3. The fraction of sp³-hybridized carbons (Fsp3) is 0.385. The number of sulfonamides is 1. The highest BCUT2D eigenvalue weighted by Crippen LogP contribution is 2.19. The molecule has 114 valence electrons. The Hall–Kier alpha value is -1.93. The SMILES string of the molecule is Cc1cc(N)cc(S(=O)(=O)NC2CCC(=O)N(C)C2=O)c1. The number of likely N-dealkylation sites (tertiary alicyclic amines) is 1. The van der Waals surface area contributed by atoms with Gasteiger partial charge in [-0.1, -0.05) is 0 Å². The molecule has 2 amide bonds. The summed E-state index contributed by atoms with van der Waals surface area (Å²) in [5.41, 5.74) is 6.68. The van der Waals surface area contributed by atoms with E-state index in [1.807, 2.05) is 0 Å². The average Bonchev–Trinajstić information content (AvgIpc) is 2.38. The quantitative estimate of drug-likeness (QED) is 0.603. The van der Waals surface area contributed by atoms with Gasteiger partial charge in [-0.05, 0) is 37.1 Å². The highest BCUT2D eigenvalue weighted by molar-refractivity contribution is 7.89. The van der Waals surface area contributed by atoms with Crippen LogP contribution in [0.3, 0.4) is 0 Å². The highest BCUT2D eigenvalue weighted by atomic mass is 32.2. The monoisotopic (exact) mass is 311 g/mol. The second-order valence-corrected chi connectivity index (χ2v) is 6.80. The number of hydrogen-bond acceptors (Lipinski definition) is 5. The third kappa shape index (κ3) is 3.22. The average molecular weight is 311 g/mol. The molecule has 8 heteroatoms. The molecule has 1 aromatic carbocycles. The van der Waals surface area contributed by atoms with Gasteiger partial charge in [0.25, 0.3) is 0 Å². The molecule has 21 heavy (non-hydrogen) atoms. The summed E-state index contributed by atoms with van der Waals surface area (Å²) in [5.74, 6) is -0.856. The van der Waals surface area contributed by atoms with Crippen molar-refractivity contribution >= 4 is 27.5 Å². The lowest BCUT2D eigenvalue weighted by Crippen LogP contribution is -2.52. The minimum Gasteiger partial charge on any atom is -0.399 e. The van der Waals surface area contributed by atoms with Gasteiger partial charge in [0.2, 0.25) is 21.8 Å². The van der Waals surface area contributed by atoms with Crippen LogP contribution in [-0.2, 0) is 19.6 Å². The number of nitrogen functional groups attached to an aromatic ring is 1. The minimum absolute atomic E-state index is 0.00681. The Bertz CT molecular complexity index is 679. The van der Waals surface area contributed by atoms with E-state index in [2.05, 4.69) is 4.72 Å². The molecule has 0 bridgehead atoms. The van der Waals surface area contributed by atoms with Crippen LogP contribution in [-0.4, -0.2) is 38.2 Å². The summed E-state index contributed by atoms with van der Waals surface area (Å²) in [4.78, 5) is 24.3. The maximum Gasteiger partial charge on any atom is 0.247 e. The van der Waals surface area contributed by atoms with Crippen LogP contribution in [0.5, 0.6) is 0 Å². The number of benzene rings is 1. The molecule has 1 unspecified atom stereocenters. The number of nitrogens with two attached hydrogens (primary N) is 1. The summed E-state index contributed by atoms with van der Waals surface area (Å²) in [6.07, 6.45) is 0.286. The lowest BCUT2D eigenvalue weighted by molar-refractivity contribution is -0.147. The molecule has 1 aliphatic heterocycles. The van der Waals surface area contributed by atoms with Crippen molar-refractivity contribution in [2.75, 3.05) is 12.8 Å². The number of nitrogens with zero attached hydrogens (tertiary/aromatic N) is 1. The van der Waals surface area contributed by atoms with E-state index in [0.29, 0.717) is 11.3 Å². The van der Waals surface area contributed by atoms with E-state index in [1.165, 1.54) is 19.2 Å². The van der Waals surface area contributed by atoms with Crippen LogP contribution in [0, 0.1) is 6.92 Å². The fourth-order valence-corrected chi connectivity index (χ4v) is 3.57. The van der Waals surface area contributed by atoms with Crippen molar-refractivity contribution in [3.05, 3.63) is 23.8 Å². The predicted molar refractivity (Wildman–Crippen MR) is 76.7 cm³/mol. The number of likely N-dealkylation sites (N-methyl/N-ethyl adjacent to an activating group) is 1. The summed E-state index contributed by atoms with van der Waals surface area (Å²) in [6, 6.07) is 3.52. The fourth-order valence-electron chi connectivity index (χ4n) is 2.21. The number of nitrogens with one attached hydrogen (secondary N) is 1. The van der Waals surface area contributed by atoms with Crippen molar-refractivity contribution < 1.29 is 18.0 Å². The van der Waals surface area contributed by atoms with Crippen LogP contribution in [0.4, 0.5) is 5.69 Å². The molecule has 1 fully saturated rings. The van der Waals surface area contributed by atoms with Crippen LogP contribution in [0.15, 0.2) is 23.1 Å². The van der Waals surface area contributed by atoms with Gasteiger partial charge in [-0.15, -0.1) is 0 Å². The minimum atomic E-state index is -3.87.